The Morgan fingerprint density at radius 2 is 2.06 bits per heavy atom. The zero-order chi connectivity index (χ0) is 21.3. The summed E-state index contributed by atoms with van der Waals surface area (Å²) in [6.07, 6.45) is 7.91. The van der Waals surface area contributed by atoms with E-state index in [1.807, 2.05) is 24.4 Å². The summed E-state index contributed by atoms with van der Waals surface area (Å²) in [4.78, 5) is 4.69. The maximum Gasteiger partial charge on any atom is 0.191 e. The molecule has 4 rings (SSSR count). The number of aromatic nitrogens is 2. The van der Waals surface area contributed by atoms with Crippen molar-refractivity contribution in [1.82, 2.24) is 20.4 Å². The van der Waals surface area contributed by atoms with Crippen LogP contribution in [0.1, 0.15) is 30.7 Å². The normalized spacial score (nSPS) is 16.9. The van der Waals surface area contributed by atoms with E-state index in [2.05, 4.69) is 15.7 Å². The Bertz CT molecular complexity index is 947. The Balaban J connectivity index is 1.36. The second-order valence-electron chi connectivity index (χ2n) is 7.52. The maximum absolute atomic E-state index is 13.1. The fraction of sp³-hybridized carbons (Fsp3) is 0.391. The van der Waals surface area contributed by atoms with Crippen LogP contribution in [0.25, 0.3) is 5.69 Å². The number of hydrogen-bond donors (Lipinski definition) is 2. The van der Waals surface area contributed by atoms with Crippen molar-refractivity contribution in [1.29, 1.82) is 0 Å². The van der Waals surface area contributed by atoms with E-state index in [1.54, 1.807) is 23.1 Å². The highest BCUT2D eigenvalue weighted by Crippen LogP contribution is 2.12. The molecule has 1 saturated heterocycles. The molecule has 1 atom stereocenters. The van der Waals surface area contributed by atoms with E-state index in [4.69, 9.17) is 14.1 Å². The monoisotopic (exact) mass is 425 g/mol. The number of nitrogens with one attached hydrogen (secondary N) is 2. The van der Waals surface area contributed by atoms with E-state index in [0.717, 1.165) is 55.5 Å². The minimum absolute atomic E-state index is 0.212. The topological polar surface area (TPSA) is 76.6 Å². The molecule has 1 unspecified atom stereocenters. The van der Waals surface area contributed by atoms with Crippen LogP contribution in [0.5, 0.6) is 0 Å². The third-order valence-corrected chi connectivity index (χ3v) is 5.15. The molecule has 164 valence electrons. The highest BCUT2D eigenvalue weighted by molar-refractivity contribution is 5.79. The van der Waals surface area contributed by atoms with Crippen LogP contribution in [0.4, 0.5) is 4.39 Å². The van der Waals surface area contributed by atoms with Crippen LogP contribution >= 0.6 is 0 Å². The lowest BCUT2D eigenvalue weighted by atomic mass is 10.1. The molecule has 1 aromatic carbocycles. The van der Waals surface area contributed by atoms with Crippen LogP contribution in [0.15, 0.2) is 64.3 Å². The highest BCUT2D eigenvalue weighted by atomic mass is 19.1. The highest BCUT2D eigenvalue weighted by Gasteiger charge is 2.14. The molecule has 8 heteroatoms. The van der Waals surface area contributed by atoms with Crippen molar-refractivity contribution in [3.05, 3.63) is 72.2 Å². The van der Waals surface area contributed by atoms with Gasteiger partial charge in [0.1, 0.15) is 11.6 Å². The van der Waals surface area contributed by atoms with Gasteiger partial charge in [-0.15, -0.1) is 0 Å². The summed E-state index contributed by atoms with van der Waals surface area (Å²) in [5, 5.41) is 11.3. The van der Waals surface area contributed by atoms with Crippen LogP contribution in [0.3, 0.4) is 0 Å². The van der Waals surface area contributed by atoms with E-state index in [0.29, 0.717) is 13.1 Å². The van der Waals surface area contributed by atoms with Crippen LogP contribution in [-0.4, -0.2) is 41.5 Å². The van der Waals surface area contributed by atoms with E-state index < -0.39 is 0 Å². The van der Waals surface area contributed by atoms with Crippen LogP contribution in [0.2, 0.25) is 0 Å². The van der Waals surface area contributed by atoms with Gasteiger partial charge in [0.25, 0.3) is 0 Å². The molecule has 3 heterocycles. The molecule has 0 radical (unpaired) electrons. The first-order valence-electron chi connectivity index (χ1n) is 10.7. The quantitative estimate of drug-likeness (QED) is 0.427. The van der Waals surface area contributed by atoms with Crippen molar-refractivity contribution in [2.45, 2.75) is 38.3 Å². The largest absolute Gasteiger partial charge is 0.469 e. The van der Waals surface area contributed by atoms with Crippen LogP contribution in [-0.2, 0) is 17.7 Å². The number of aliphatic imine (C=N–C) groups is 1. The SMILES string of the molecule is Fc1ccc(-n2ccc(CN=C(NCCc3ccco3)NCC3CCCCO3)n2)cc1. The molecule has 7 nitrogen and oxygen atoms in total. The minimum Gasteiger partial charge on any atom is -0.469 e. The van der Waals surface area contributed by atoms with Crippen molar-refractivity contribution in [3.8, 4) is 5.69 Å². The van der Waals surface area contributed by atoms with Gasteiger partial charge in [-0.25, -0.2) is 14.1 Å². The van der Waals surface area contributed by atoms with Gasteiger partial charge in [-0.1, -0.05) is 0 Å². The lowest BCUT2D eigenvalue weighted by Crippen LogP contribution is -2.43. The summed E-state index contributed by atoms with van der Waals surface area (Å²) in [6.45, 7) is 2.67. The first-order chi connectivity index (χ1) is 15.3. The Morgan fingerprint density at radius 1 is 1.16 bits per heavy atom. The predicted molar refractivity (Wildman–Crippen MR) is 117 cm³/mol. The van der Waals surface area contributed by atoms with E-state index in [-0.39, 0.29) is 11.9 Å². The maximum atomic E-state index is 13.1. The molecule has 1 aliphatic heterocycles. The number of ether oxygens (including phenoxy) is 1. The molecule has 1 aliphatic rings. The molecule has 2 aromatic heterocycles. The van der Waals surface area contributed by atoms with Gasteiger partial charge in [-0.05, 0) is 61.7 Å². The molecule has 2 N–H and O–H groups in total. The molecule has 3 aromatic rings. The zero-order valence-corrected chi connectivity index (χ0v) is 17.5. The van der Waals surface area contributed by atoms with Gasteiger partial charge in [0.2, 0.25) is 0 Å². The lowest BCUT2D eigenvalue weighted by molar-refractivity contribution is 0.0194. The van der Waals surface area contributed by atoms with Gasteiger partial charge in [0, 0.05) is 32.3 Å². The van der Waals surface area contributed by atoms with Gasteiger partial charge >= 0.3 is 0 Å². The van der Waals surface area contributed by atoms with Crippen molar-refractivity contribution in [2.75, 3.05) is 19.7 Å². The smallest absolute Gasteiger partial charge is 0.191 e. The van der Waals surface area contributed by atoms with Gasteiger partial charge < -0.3 is 19.8 Å². The molecule has 0 spiro atoms. The summed E-state index contributed by atoms with van der Waals surface area (Å²) in [5.41, 5.74) is 1.63. The molecule has 0 amide bonds. The second kappa shape index (κ2) is 10.8. The van der Waals surface area contributed by atoms with E-state index in [1.165, 1.54) is 18.6 Å². The number of benzene rings is 1. The van der Waals surface area contributed by atoms with E-state index in [9.17, 15) is 4.39 Å². The van der Waals surface area contributed by atoms with Crippen LogP contribution in [0, 0.1) is 5.82 Å². The molecule has 1 fully saturated rings. The third-order valence-electron chi connectivity index (χ3n) is 5.15. The summed E-state index contributed by atoms with van der Waals surface area (Å²) >= 11 is 0. The number of guanidine groups is 1. The average Bonchev–Trinajstić information content (AvgIpc) is 3.49. The Labute approximate surface area is 181 Å². The Morgan fingerprint density at radius 3 is 2.84 bits per heavy atom. The van der Waals surface area contributed by atoms with Gasteiger partial charge in [0.05, 0.1) is 30.3 Å². The number of halogens is 1. The first-order valence-corrected chi connectivity index (χ1v) is 10.7. The first kappa shape index (κ1) is 21.1. The van der Waals surface area contributed by atoms with Gasteiger partial charge in [-0.3, -0.25) is 0 Å². The fourth-order valence-electron chi connectivity index (χ4n) is 3.46. The standard InChI is InChI=1S/C23H28FN5O2/c24-18-6-8-20(9-7-18)29-13-11-19(28-29)16-26-23(25-12-10-21-5-3-15-30-21)27-17-22-4-1-2-14-31-22/h3,5-9,11,13,15,22H,1-2,4,10,12,14,16-17H2,(H2,25,26,27). The van der Waals surface area contributed by atoms with Gasteiger partial charge in [0.15, 0.2) is 5.96 Å². The average molecular weight is 426 g/mol. The Kier molecular flexibility index (Phi) is 7.33. The predicted octanol–water partition coefficient (Wildman–Crippen LogP) is 3.45. The molecular weight excluding hydrogens is 397 g/mol. The number of nitrogens with zero attached hydrogens (tertiary/aromatic N) is 3. The number of hydrogen-bond acceptors (Lipinski definition) is 4. The summed E-state index contributed by atoms with van der Waals surface area (Å²) < 4.78 is 26.1. The van der Waals surface area contributed by atoms with E-state index >= 15 is 0 Å². The number of furan rings is 1. The zero-order valence-electron chi connectivity index (χ0n) is 17.5. The minimum atomic E-state index is -0.265. The molecule has 31 heavy (non-hydrogen) atoms. The molecule has 0 bridgehead atoms. The molecule has 0 saturated carbocycles. The summed E-state index contributed by atoms with van der Waals surface area (Å²) in [5.74, 6) is 1.39. The summed E-state index contributed by atoms with van der Waals surface area (Å²) in [7, 11) is 0. The molecule has 0 aliphatic carbocycles. The van der Waals surface area contributed by atoms with Crippen molar-refractivity contribution in [3.63, 3.8) is 0 Å². The van der Waals surface area contributed by atoms with Crippen molar-refractivity contribution in [2.24, 2.45) is 4.99 Å². The second-order valence-corrected chi connectivity index (χ2v) is 7.52. The Hall–Kier alpha value is -3.13. The fourth-order valence-corrected chi connectivity index (χ4v) is 3.46. The van der Waals surface area contributed by atoms with Crippen LogP contribution < -0.4 is 10.6 Å². The number of rotatable bonds is 8. The van der Waals surface area contributed by atoms with Gasteiger partial charge in [-0.2, -0.15) is 5.10 Å². The van der Waals surface area contributed by atoms with Crippen molar-refractivity contribution < 1.29 is 13.5 Å². The third kappa shape index (κ3) is 6.42. The van der Waals surface area contributed by atoms with Crippen molar-refractivity contribution >= 4 is 5.96 Å². The lowest BCUT2D eigenvalue weighted by Gasteiger charge is -2.23. The summed E-state index contributed by atoms with van der Waals surface area (Å²) in [6, 6.07) is 12.0. The molecular formula is C23H28FN5O2.